The van der Waals surface area contributed by atoms with Gasteiger partial charge in [-0.25, -0.2) is 0 Å². The number of ether oxygens (including phenoxy) is 1. The minimum absolute atomic E-state index is 0. The third-order valence-corrected chi connectivity index (χ3v) is 5.49. The highest BCUT2D eigenvalue weighted by atomic mass is 127. The third-order valence-electron chi connectivity index (χ3n) is 5.49. The summed E-state index contributed by atoms with van der Waals surface area (Å²) in [6.07, 6.45) is -2.17. The first-order chi connectivity index (χ1) is 14.4. The van der Waals surface area contributed by atoms with Gasteiger partial charge in [-0.2, -0.15) is 13.2 Å². The number of hydrogen-bond donors (Lipinski definition) is 2. The van der Waals surface area contributed by atoms with Crippen LogP contribution in [0, 0.1) is 5.92 Å². The molecule has 6 nitrogen and oxygen atoms in total. The molecule has 0 radical (unpaired) electrons. The SMILES string of the molecule is CCNC(=NCCCN1C(=O)COc2ccccc21)NC1CCC(C(F)(F)F)CC1.I. The van der Waals surface area contributed by atoms with Crippen LogP contribution in [0.25, 0.3) is 0 Å². The highest BCUT2D eigenvalue weighted by Crippen LogP contribution is 2.37. The van der Waals surface area contributed by atoms with E-state index < -0.39 is 12.1 Å². The molecule has 2 N–H and O–H groups in total. The van der Waals surface area contributed by atoms with E-state index in [0.29, 0.717) is 50.6 Å². The zero-order chi connectivity index (χ0) is 21.6. The molecule has 2 aliphatic rings. The number of carbonyl (C=O) groups excluding carboxylic acids is 1. The molecule has 10 heteroatoms. The van der Waals surface area contributed by atoms with E-state index in [9.17, 15) is 18.0 Å². The Morgan fingerprint density at radius 1 is 1.23 bits per heavy atom. The third kappa shape index (κ3) is 7.15. The first-order valence-corrected chi connectivity index (χ1v) is 10.5. The number of alkyl halides is 3. The number of fused-ring (bicyclic) bond motifs is 1. The summed E-state index contributed by atoms with van der Waals surface area (Å²) in [4.78, 5) is 18.5. The zero-order valence-corrected chi connectivity index (χ0v) is 19.9. The smallest absolute Gasteiger partial charge is 0.391 e. The summed E-state index contributed by atoms with van der Waals surface area (Å²) in [7, 11) is 0. The zero-order valence-electron chi connectivity index (χ0n) is 17.6. The van der Waals surface area contributed by atoms with Crippen molar-refractivity contribution >= 4 is 41.5 Å². The molecule has 0 spiro atoms. The van der Waals surface area contributed by atoms with Gasteiger partial charge in [-0.1, -0.05) is 12.1 Å². The number of benzene rings is 1. The van der Waals surface area contributed by atoms with E-state index in [-0.39, 0.29) is 55.4 Å². The van der Waals surface area contributed by atoms with Crippen LogP contribution >= 0.6 is 24.0 Å². The molecule has 0 aromatic heterocycles. The maximum Gasteiger partial charge on any atom is 0.391 e. The second kappa shape index (κ2) is 11.8. The van der Waals surface area contributed by atoms with Crippen molar-refractivity contribution in [1.82, 2.24) is 10.6 Å². The highest BCUT2D eigenvalue weighted by molar-refractivity contribution is 14.0. The number of nitrogens with one attached hydrogen (secondary N) is 2. The minimum atomic E-state index is -4.10. The number of nitrogens with zero attached hydrogens (tertiary/aromatic N) is 2. The number of aliphatic imine (C=N–C) groups is 1. The van der Waals surface area contributed by atoms with Crippen LogP contribution < -0.4 is 20.3 Å². The molecular formula is C21H30F3IN4O2. The van der Waals surface area contributed by atoms with Crippen molar-refractivity contribution < 1.29 is 22.7 Å². The van der Waals surface area contributed by atoms with Gasteiger partial charge in [0.15, 0.2) is 12.6 Å². The molecule has 1 amide bonds. The minimum Gasteiger partial charge on any atom is -0.482 e. The molecule has 0 saturated heterocycles. The predicted octanol–water partition coefficient (Wildman–Crippen LogP) is 4.10. The molecule has 174 valence electrons. The van der Waals surface area contributed by atoms with Crippen molar-refractivity contribution in [3.8, 4) is 5.75 Å². The monoisotopic (exact) mass is 554 g/mol. The topological polar surface area (TPSA) is 66.0 Å². The Bertz CT molecular complexity index is 752. The van der Waals surface area contributed by atoms with Crippen LogP contribution in [0.2, 0.25) is 0 Å². The standard InChI is InChI=1S/C21H29F3N4O2.HI/c1-2-25-20(27-16-10-8-15(9-11-16)21(22,23)24)26-12-5-13-28-17-6-3-4-7-18(17)30-14-19(28)29;/h3-4,6-7,15-16H,2,5,8-14H2,1H3,(H2,25,26,27);1H. The second-order valence-corrected chi connectivity index (χ2v) is 7.65. The molecule has 1 aromatic carbocycles. The van der Waals surface area contributed by atoms with E-state index in [1.807, 2.05) is 31.2 Å². The summed E-state index contributed by atoms with van der Waals surface area (Å²) in [5, 5.41) is 6.41. The van der Waals surface area contributed by atoms with Crippen LogP contribution in [-0.2, 0) is 4.79 Å². The maximum absolute atomic E-state index is 12.8. The summed E-state index contributed by atoms with van der Waals surface area (Å²) >= 11 is 0. The van der Waals surface area contributed by atoms with Gasteiger partial charge in [0.25, 0.3) is 5.91 Å². The Kier molecular flexibility index (Phi) is 9.70. The van der Waals surface area contributed by atoms with Gasteiger partial charge in [0.2, 0.25) is 0 Å². The van der Waals surface area contributed by atoms with Crippen molar-refractivity contribution in [1.29, 1.82) is 0 Å². The van der Waals surface area contributed by atoms with Crippen LogP contribution in [0.15, 0.2) is 29.3 Å². The van der Waals surface area contributed by atoms with Crippen LogP contribution in [0.5, 0.6) is 5.75 Å². The van der Waals surface area contributed by atoms with Gasteiger partial charge < -0.3 is 20.3 Å². The fraction of sp³-hybridized carbons (Fsp3) is 0.619. The number of anilines is 1. The van der Waals surface area contributed by atoms with E-state index >= 15 is 0 Å². The Labute approximate surface area is 198 Å². The number of carbonyl (C=O) groups is 1. The second-order valence-electron chi connectivity index (χ2n) is 7.65. The van der Waals surface area contributed by atoms with Crippen molar-refractivity contribution in [3.63, 3.8) is 0 Å². The molecule has 1 aromatic rings. The normalized spacial score (nSPS) is 21.6. The average molecular weight is 554 g/mol. The van der Waals surface area contributed by atoms with Crippen molar-refractivity contribution in [2.75, 3.05) is 31.1 Å². The van der Waals surface area contributed by atoms with Crippen LogP contribution in [-0.4, -0.2) is 50.3 Å². The molecule has 1 saturated carbocycles. The number of hydrogen-bond acceptors (Lipinski definition) is 3. The van der Waals surface area contributed by atoms with Gasteiger partial charge in [-0.15, -0.1) is 24.0 Å². The fourth-order valence-corrected chi connectivity index (χ4v) is 3.90. The van der Waals surface area contributed by atoms with Crippen molar-refractivity contribution in [2.24, 2.45) is 10.9 Å². The Hall–Kier alpha value is -1.72. The van der Waals surface area contributed by atoms with Gasteiger partial charge in [0.05, 0.1) is 11.6 Å². The first kappa shape index (κ1) is 25.5. The highest BCUT2D eigenvalue weighted by Gasteiger charge is 2.41. The molecule has 1 aliphatic carbocycles. The fourth-order valence-electron chi connectivity index (χ4n) is 3.90. The summed E-state index contributed by atoms with van der Waals surface area (Å²) in [5.74, 6) is 0.0416. The summed E-state index contributed by atoms with van der Waals surface area (Å²) in [5.41, 5.74) is 0.768. The molecule has 1 aliphatic heterocycles. The Morgan fingerprint density at radius 3 is 2.61 bits per heavy atom. The van der Waals surface area contributed by atoms with E-state index in [1.54, 1.807) is 4.90 Å². The van der Waals surface area contributed by atoms with Crippen LogP contribution in [0.4, 0.5) is 18.9 Å². The predicted molar refractivity (Wildman–Crippen MR) is 125 cm³/mol. The van der Waals surface area contributed by atoms with Crippen LogP contribution in [0.1, 0.15) is 39.0 Å². The molecule has 1 heterocycles. The van der Waals surface area contributed by atoms with E-state index in [0.717, 1.165) is 5.69 Å². The lowest BCUT2D eigenvalue weighted by molar-refractivity contribution is -0.182. The molecule has 31 heavy (non-hydrogen) atoms. The van der Waals surface area contributed by atoms with E-state index in [2.05, 4.69) is 15.6 Å². The van der Waals surface area contributed by atoms with Gasteiger partial charge in [-0.05, 0) is 51.2 Å². The number of para-hydroxylation sites is 2. The number of amides is 1. The van der Waals surface area contributed by atoms with Gasteiger partial charge in [0.1, 0.15) is 5.75 Å². The summed E-state index contributed by atoms with van der Waals surface area (Å²) in [6.45, 7) is 3.67. The molecule has 3 rings (SSSR count). The summed E-state index contributed by atoms with van der Waals surface area (Å²) in [6, 6.07) is 7.43. The largest absolute Gasteiger partial charge is 0.482 e. The molecule has 1 fully saturated rings. The van der Waals surface area contributed by atoms with Gasteiger partial charge >= 0.3 is 6.18 Å². The van der Waals surface area contributed by atoms with Gasteiger partial charge in [0, 0.05) is 25.7 Å². The lowest BCUT2D eigenvalue weighted by Crippen LogP contribution is -2.46. The van der Waals surface area contributed by atoms with Crippen molar-refractivity contribution in [3.05, 3.63) is 24.3 Å². The molecular weight excluding hydrogens is 524 g/mol. The van der Waals surface area contributed by atoms with E-state index in [1.165, 1.54) is 0 Å². The summed E-state index contributed by atoms with van der Waals surface area (Å²) < 4.78 is 44.0. The number of guanidine groups is 1. The first-order valence-electron chi connectivity index (χ1n) is 10.5. The number of halogens is 4. The van der Waals surface area contributed by atoms with E-state index in [4.69, 9.17) is 4.74 Å². The number of rotatable bonds is 6. The lowest BCUT2D eigenvalue weighted by Gasteiger charge is -2.31. The van der Waals surface area contributed by atoms with Crippen LogP contribution in [0.3, 0.4) is 0 Å². The molecule has 0 atom stereocenters. The maximum atomic E-state index is 12.8. The Balaban J connectivity index is 0.00000341. The Morgan fingerprint density at radius 2 is 1.94 bits per heavy atom. The lowest BCUT2D eigenvalue weighted by atomic mass is 9.85. The quantitative estimate of drug-likeness (QED) is 0.241. The molecule has 0 unspecified atom stereocenters. The molecule has 0 bridgehead atoms. The van der Waals surface area contributed by atoms with Gasteiger partial charge in [-0.3, -0.25) is 9.79 Å². The van der Waals surface area contributed by atoms with Crippen molar-refractivity contribution in [2.45, 2.75) is 51.2 Å². The average Bonchev–Trinajstić information content (AvgIpc) is 2.72.